The minimum Gasteiger partial charge on any atom is -0.477 e. The highest BCUT2D eigenvalue weighted by atomic mass is 16.6. The molecule has 0 aromatic heterocycles. The fraction of sp³-hybridized carbons (Fsp3) is 0.619. The number of nitrogens with zero attached hydrogens (tertiary/aromatic N) is 1. The van der Waals surface area contributed by atoms with Crippen molar-refractivity contribution < 1.29 is 57.2 Å². The van der Waals surface area contributed by atoms with Gasteiger partial charge in [0.1, 0.15) is 18.8 Å². The summed E-state index contributed by atoms with van der Waals surface area (Å²) in [6.45, 7) is 5.06. The Hall–Kier alpha value is -3.64. The second-order valence-electron chi connectivity index (χ2n) is 7.32. The van der Waals surface area contributed by atoms with Crippen LogP contribution in [0, 0.1) is 0 Å². The molecular weight excluding hydrogens is 458 g/mol. The molecule has 190 valence electrons. The SMILES string of the molecule is COC(=O)C1=CC(OC(C)=O)C(N(C)C(C)=O)C(C(OC(C)=O)C(COC(C)=O)OC(C)=O)O1. The van der Waals surface area contributed by atoms with E-state index in [0.717, 1.165) is 45.8 Å². The molecule has 5 unspecified atom stereocenters. The number of carbonyl (C=O) groups is 6. The van der Waals surface area contributed by atoms with Gasteiger partial charge in [0, 0.05) is 47.7 Å². The lowest BCUT2D eigenvalue weighted by Gasteiger charge is -2.44. The summed E-state index contributed by atoms with van der Waals surface area (Å²) >= 11 is 0. The maximum absolute atomic E-state index is 12.3. The maximum Gasteiger partial charge on any atom is 0.373 e. The molecule has 0 spiro atoms. The number of carbonyl (C=O) groups excluding carboxylic acids is 6. The number of hydrogen-bond donors (Lipinski definition) is 0. The Kier molecular flexibility index (Phi) is 10.5. The maximum atomic E-state index is 12.3. The normalized spacial score (nSPS) is 20.9. The van der Waals surface area contributed by atoms with Crippen molar-refractivity contribution in [2.24, 2.45) is 0 Å². The molecule has 1 aliphatic rings. The highest BCUT2D eigenvalue weighted by Gasteiger charge is 2.50. The average Bonchev–Trinajstić information content (AvgIpc) is 2.72. The van der Waals surface area contributed by atoms with Crippen LogP contribution in [0.3, 0.4) is 0 Å². The second-order valence-corrected chi connectivity index (χ2v) is 7.32. The molecule has 1 heterocycles. The highest BCUT2D eigenvalue weighted by Crippen LogP contribution is 2.30. The van der Waals surface area contributed by atoms with E-state index in [-0.39, 0.29) is 0 Å². The van der Waals surface area contributed by atoms with Crippen molar-refractivity contribution >= 4 is 35.8 Å². The van der Waals surface area contributed by atoms with Crippen LogP contribution in [-0.2, 0) is 57.2 Å². The van der Waals surface area contributed by atoms with E-state index in [2.05, 4.69) is 4.74 Å². The Morgan fingerprint density at radius 3 is 1.97 bits per heavy atom. The van der Waals surface area contributed by atoms with Crippen molar-refractivity contribution in [1.29, 1.82) is 0 Å². The van der Waals surface area contributed by atoms with Crippen LogP contribution in [0.2, 0.25) is 0 Å². The lowest BCUT2D eigenvalue weighted by molar-refractivity contribution is -0.197. The van der Waals surface area contributed by atoms with Gasteiger partial charge in [-0.05, 0) is 0 Å². The van der Waals surface area contributed by atoms with Crippen LogP contribution < -0.4 is 0 Å². The first-order chi connectivity index (χ1) is 15.8. The fourth-order valence-corrected chi connectivity index (χ4v) is 3.27. The standard InChI is InChI=1S/C21H29NO12/c1-10(23)22(6)18-15(31-12(3)25)8-16(21(28)29-7)34-20(18)19(33-14(5)27)17(32-13(4)26)9-30-11(2)24/h8,15,17-20H,9H2,1-7H3. The molecule has 5 atom stereocenters. The summed E-state index contributed by atoms with van der Waals surface area (Å²) in [5.41, 5.74) is 0. The van der Waals surface area contributed by atoms with Crippen molar-refractivity contribution in [2.75, 3.05) is 20.8 Å². The molecule has 0 saturated heterocycles. The summed E-state index contributed by atoms with van der Waals surface area (Å²) in [5.74, 6) is -4.94. The largest absolute Gasteiger partial charge is 0.477 e. The van der Waals surface area contributed by atoms with Crippen molar-refractivity contribution in [2.45, 2.75) is 65.1 Å². The molecule has 13 heteroatoms. The molecule has 34 heavy (non-hydrogen) atoms. The van der Waals surface area contributed by atoms with Gasteiger partial charge in [-0.1, -0.05) is 0 Å². The smallest absolute Gasteiger partial charge is 0.373 e. The number of likely N-dealkylation sites (N-methyl/N-ethyl adjacent to an activating group) is 1. The van der Waals surface area contributed by atoms with Crippen molar-refractivity contribution in [3.63, 3.8) is 0 Å². The van der Waals surface area contributed by atoms with Gasteiger partial charge in [-0.2, -0.15) is 0 Å². The molecular formula is C21H29NO12. The van der Waals surface area contributed by atoms with Crippen LogP contribution in [0.5, 0.6) is 0 Å². The minimum atomic E-state index is -1.51. The second kappa shape index (κ2) is 12.6. The zero-order chi connectivity index (χ0) is 26.2. The van der Waals surface area contributed by atoms with E-state index in [4.69, 9.17) is 23.7 Å². The first kappa shape index (κ1) is 28.4. The number of hydrogen-bond acceptors (Lipinski definition) is 12. The number of methoxy groups -OCH3 is 1. The van der Waals surface area contributed by atoms with E-state index < -0.39 is 78.6 Å². The summed E-state index contributed by atoms with van der Waals surface area (Å²) in [4.78, 5) is 72.6. The zero-order valence-corrected chi connectivity index (χ0v) is 20.0. The Labute approximate surface area is 196 Å². The quantitative estimate of drug-likeness (QED) is 0.307. The third-order valence-corrected chi connectivity index (χ3v) is 4.64. The van der Waals surface area contributed by atoms with Gasteiger partial charge >= 0.3 is 29.8 Å². The molecule has 0 bridgehead atoms. The molecule has 13 nitrogen and oxygen atoms in total. The molecule has 0 fully saturated rings. The summed E-state index contributed by atoms with van der Waals surface area (Å²) in [5, 5.41) is 0. The van der Waals surface area contributed by atoms with Gasteiger partial charge in [-0.15, -0.1) is 0 Å². The van der Waals surface area contributed by atoms with Gasteiger partial charge in [-0.25, -0.2) is 4.79 Å². The lowest BCUT2D eigenvalue weighted by Crippen LogP contribution is -2.62. The van der Waals surface area contributed by atoms with Crippen LogP contribution >= 0.6 is 0 Å². The van der Waals surface area contributed by atoms with E-state index >= 15 is 0 Å². The predicted molar refractivity (Wildman–Crippen MR) is 110 cm³/mol. The lowest BCUT2D eigenvalue weighted by atomic mass is 9.92. The monoisotopic (exact) mass is 487 g/mol. The first-order valence-corrected chi connectivity index (χ1v) is 10.1. The Morgan fingerprint density at radius 1 is 0.941 bits per heavy atom. The third-order valence-electron chi connectivity index (χ3n) is 4.64. The molecule has 0 aromatic rings. The van der Waals surface area contributed by atoms with E-state index in [0.29, 0.717) is 0 Å². The molecule has 1 aliphatic heterocycles. The van der Waals surface area contributed by atoms with Gasteiger partial charge in [-0.3, -0.25) is 24.0 Å². The third kappa shape index (κ3) is 8.05. The number of ether oxygens (including phenoxy) is 6. The fourth-order valence-electron chi connectivity index (χ4n) is 3.27. The Morgan fingerprint density at radius 2 is 1.53 bits per heavy atom. The van der Waals surface area contributed by atoms with Gasteiger partial charge in [0.25, 0.3) is 0 Å². The number of rotatable bonds is 9. The highest BCUT2D eigenvalue weighted by molar-refractivity contribution is 5.86. The number of amides is 1. The molecule has 1 rings (SSSR count). The van der Waals surface area contributed by atoms with Gasteiger partial charge in [0.15, 0.2) is 18.3 Å². The van der Waals surface area contributed by atoms with E-state index in [1.54, 1.807) is 0 Å². The molecule has 0 N–H and O–H groups in total. The summed E-state index contributed by atoms with van der Waals surface area (Å²) in [6, 6.07) is -1.16. The van der Waals surface area contributed by atoms with Crippen molar-refractivity contribution in [3.8, 4) is 0 Å². The van der Waals surface area contributed by atoms with E-state index in [1.165, 1.54) is 14.0 Å². The first-order valence-electron chi connectivity index (χ1n) is 10.1. The van der Waals surface area contributed by atoms with Crippen LogP contribution in [0.4, 0.5) is 0 Å². The van der Waals surface area contributed by atoms with Gasteiger partial charge in [0.2, 0.25) is 11.7 Å². The molecule has 0 saturated carbocycles. The van der Waals surface area contributed by atoms with E-state index in [1.807, 2.05) is 0 Å². The average molecular weight is 487 g/mol. The number of esters is 5. The van der Waals surface area contributed by atoms with E-state index in [9.17, 15) is 28.8 Å². The van der Waals surface area contributed by atoms with Crippen LogP contribution in [-0.4, -0.2) is 91.9 Å². The molecule has 1 amide bonds. The zero-order valence-electron chi connectivity index (χ0n) is 20.0. The van der Waals surface area contributed by atoms with Crippen LogP contribution in [0.15, 0.2) is 11.8 Å². The van der Waals surface area contributed by atoms with Crippen LogP contribution in [0.25, 0.3) is 0 Å². The van der Waals surface area contributed by atoms with Gasteiger partial charge in [0.05, 0.1) is 7.11 Å². The Balaban J connectivity index is 3.69. The molecule has 0 radical (unpaired) electrons. The summed E-state index contributed by atoms with van der Waals surface area (Å²) in [6.07, 6.45) is -4.46. The summed E-state index contributed by atoms with van der Waals surface area (Å²) in [7, 11) is 2.46. The summed E-state index contributed by atoms with van der Waals surface area (Å²) < 4.78 is 31.3. The predicted octanol–water partition coefficient (Wildman–Crippen LogP) is -0.353. The molecule has 0 aliphatic carbocycles. The topological polar surface area (TPSA) is 161 Å². The van der Waals surface area contributed by atoms with Crippen molar-refractivity contribution in [3.05, 3.63) is 11.8 Å². The Bertz CT molecular complexity index is 851. The van der Waals surface area contributed by atoms with Crippen LogP contribution in [0.1, 0.15) is 34.6 Å². The van der Waals surface area contributed by atoms with Gasteiger partial charge < -0.3 is 33.3 Å². The molecule has 0 aromatic carbocycles. The van der Waals surface area contributed by atoms with Crippen molar-refractivity contribution in [1.82, 2.24) is 4.90 Å². The minimum absolute atomic E-state index is 0.404.